The summed E-state index contributed by atoms with van der Waals surface area (Å²) < 4.78 is 6.63. The van der Waals surface area contributed by atoms with Crippen molar-refractivity contribution < 1.29 is 14.1 Å². The van der Waals surface area contributed by atoms with Crippen LogP contribution in [0.15, 0.2) is 28.7 Å². The molecule has 0 amide bonds. The molecule has 0 fully saturated rings. The quantitative estimate of drug-likeness (QED) is 0.380. The topological polar surface area (TPSA) is 103 Å². The van der Waals surface area contributed by atoms with Crippen molar-refractivity contribution in [1.82, 2.24) is 10.2 Å². The fourth-order valence-electron chi connectivity index (χ4n) is 2.30. The summed E-state index contributed by atoms with van der Waals surface area (Å²) in [6.07, 6.45) is 3.22. The van der Waals surface area contributed by atoms with E-state index in [0.717, 1.165) is 0 Å². The first kappa shape index (κ1) is 16.2. The molecule has 2 rings (SSSR count). The molecule has 7 heteroatoms. The number of rotatable bonds is 4. The molecule has 0 aliphatic heterocycles. The van der Waals surface area contributed by atoms with Crippen molar-refractivity contribution >= 4 is 12.0 Å². The predicted octanol–water partition coefficient (Wildman–Crippen LogP) is 0.973. The van der Waals surface area contributed by atoms with Crippen molar-refractivity contribution in [2.75, 3.05) is 6.61 Å². The van der Waals surface area contributed by atoms with E-state index in [4.69, 9.17) is 4.74 Å². The Kier molecular flexibility index (Phi) is 4.76. The van der Waals surface area contributed by atoms with E-state index in [1.54, 1.807) is 43.8 Å². The first-order valence-electron chi connectivity index (χ1n) is 7.04. The van der Waals surface area contributed by atoms with Crippen molar-refractivity contribution in [3.8, 4) is 17.3 Å². The number of nitriles is 1. The number of ether oxygens (including phenoxy) is 1. The second-order valence-electron chi connectivity index (χ2n) is 4.89. The minimum Gasteiger partial charge on any atom is -0.462 e. The monoisotopic (exact) mass is 313 g/mol. The molecule has 118 valence electrons. The van der Waals surface area contributed by atoms with Gasteiger partial charge >= 0.3 is 5.97 Å². The van der Waals surface area contributed by atoms with Gasteiger partial charge in [0.15, 0.2) is 6.20 Å². The summed E-state index contributed by atoms with van der Waals surface area (Å²) in [6.45, 7) is 3.62. The number of nitrogens with one attached hydrogen (secondary N) is 2. The van der Waals surface area contributed by atoms with E-state index in [1.807, 2.05) is 6.07 Å². The van der Waals surface area contributed by atoms with Gasteiger partial charge in [-0.15, -0.1) is 0 Å². The van der Waals surface area contributed by atoms with Crippen molar-refractivity contribution in [3.63, 3.8) is 0 Å². The van der Waals surface area contributed by atoms with Crippen LogP contribution in [0, 0.1) is 18.3 Å². The van der Waals surface area contributed by atoms with E-state index in [1.165, 1.54) is 6.08 Å². The molecular formula is C16H17N4O3+. The number of nitrogens with zero attached hydrogens (tertiary/aromatic N) is 2. The van der Waals surface area contributed by atoms with Gasteiger partial charge in [-0.2, -0.15) is 5.26 Å². The number of carbonyl (C=O) groups is 1. The van der Waals surface area contributed by atoms with E-state index in [2.05, 4.69) is 10.2 Å². The number of carbonyl (C=O) groups excluding carboxylic acids is 1. The lowest BCUT2D eigenvalue weighted by molar-refractivity contribution is -0.660. The van der Waals surface area contributed by atoms with Crippen molar-refractivity contribution in [2.24, 2.45) is 7.05 Å². The van der Waals surface area contributed by atoms with E-state index < -0.39 is 5.97 Å². The zero-order valence-electron chi connectivity index (χ0n) is 13.1. The Hall–Kier alpha value is -3.14. The van der Waals surface area contributed by atoms with Crippen LogP contribution in [-0.2, 0) is 16.6 Å². The summed E-state index contributed by atoms with van der Waals surface area (Å²) in [5.74, 6) is -0.688. The molecule has 0 saturated carbocycles. The average molecular weight is 313 g/mol. The van der Waals surface area contributed by atoms with Gasteiger partial charge in [-0.05, 0) is 26.0 Å². The number of hydrogen-bond donors (Lipinski definition) is 2. The maximum atomic E-state index is 12.1. The Morgan fingerprint density at radius 1 is 1.48 bits per heavy atom. The summed E-state index contributed by atoms with van der Waals surface area (Å²) in [4.78, 5) is 23.9. The number of aromatic amines is 2. The maximum absolute atomic E-state index is 12.1. The van der Waals surface area contributed by atoms with Crippen molar-refractivity contribution in [1.29, 1.82) is 5.26 Å². The van der Waals surface area contributed by atoms with Gasteiger partial charge in [0, 0.05) is 17.3 Å². The highest BCUT2D eigenvalue weighted by molar-refractivity contribution is 5.98. The molecule has 0 aromatic carbocycles. The zero-order chi connectivity index (χ0) is 17.0. The number of H-pyrrole nitrogens is 2. The Morgan fingerprint density at radius 2 is 2.22 bits per heavy atom. The minimum atomic E-state index is -0.688. The van der Waals surface area contributed by atoms with E-state index in [-0.39, 0.29) is 17.7 Å². The maximum Gasteiger partial charge on any atom is 0.348 e. The number of aromatic nitrogens is 3. The Morgan fingerprint density at radius 3 is 2.78 bits per heavy atom. The highest BCUT2D eigenvalue weighted by Gasteiger charge is 2.22. The molecule has 2 heterocycles. The summed E-state index contributed by atoms with van der Waals surface area (Å²) in [5.41, 5.74) is 1.91. The van der Waals surface area contributed by atoms with Gasteiger partial charge in [0.2, 0.25) is 5.69 Å². The Balaban J connectivity index is 2.66. The third-order valence-corrected chi connectivity index (χ3v) is 3.33. The lowest BCUT2D eigenvalue weighted by Crippen LogP contribution is -2.32. The molecule has 0 aliphatic carbocycles. The van der Waals surface area contributed by atoms with Gasteiger partial charge in [-0.1, -0.05) is 0 Å². The number of hydrogen-bond acceptors (Lipinski definition) is 4. The summed E-state index contributed by atoms with van der Waals surface area (Å²) in [5, 5.41) is 14.5. The van der Waals surface area contributed by atoms with Crippen LogP contribution in [0.25, 0.3) is 17.3 Å². The van der Waals surface area contributed by atoms with Gasteiger partial charge in [0.1, 0.15) is 24.3 Å². The van der Waals surface area contributed by atoms with Gasteiger partial charge in [-0.3, -0.25) is 9.89 Å². The smallest absolute Gasteiger partial charge is 0.348 e. The highest BCUT2D eigenvalue weighted by atomic mass is 16.5. The van der Waals surface area contributed by atoms with E-state index in [9.17, 15) is 14.9 Å². The van der Waals surface area contributed by atoms with Gasteiger partial charge in [0.05, 0.1) is 6.61 Å². The fraction of sp³-hybridized carbons (Fsp3) is 0.250. The highest BCUT2D eigenvalue weighted by Crippen LogP contribution is 2.21. The molecule has 0 saturated heterocycles. The lowest BCUT2D eigenvalue weighted by Gasteiger charge is -2.04. The summed E-state index contributed by atoms with van der Waals surface area (Å²) >= 11 is 0. The summed E-state index contributed by atoms with van der Waals surface area (Å²) in [7, 11) is 1.79. The lowest BCUT2D eigenvalue weighted by atomic mass is 10.0. The molecule has 7 nitrogen and oxygen atoms in total. The molecular weight excluding hydrogens is 296 g/mol. The number of aryl methyl sites for hydroxylation is 2. The average Bonchev–Trinajstić information content (AvgIpc) is 2.84. The molecule has 2 aromatic heterocycles. The minimum absolute atomic E-state index is 0.121. The van der Waals surface area contributed by atoms with Crippen LogP contribution < -0.4 is 10.1 Å². The van der Waals surface area contributed by atoms with Gasteiger partial charge in [-0.25, -0.2) is 9.36 Å². The van der Waals surface area contributed by atoms with Crippen molar-refractivity contribution in [3.05, 3.63) is 45.5 Å². The molecule has 0 bridgehead atoms. The van der Waals surface area contributed by atoms with Crippen LogP contribution in [0.5, 0.6) is 0 Å². The molecule has 0 radical (unpaired) electrons. The third-order valence-electron chi connectivity index (χ3n) is 3.33. The van der Waals surface area contributed by atoms with Crippen LogP contribution in [-0.4, -0.2) is 22.8 Å². The standard InChI is InChI=1S/C16H16N4O3/c1-4-23-16(22)12(9-17)8-11-6-5-7-20(3)14(11)13-10(2)18-19-15(13)21/h5-8H,4H2,1-3H3,(H,19,21)/p+1. The summed E-state index contributed by atoms with van der Waals surface area (Å²) in [6, 6.07) is 5.34. The molecule has 2 aromatic rings. The Bertz CT molecular complexity index is 868. The Labute approximate surface area is 132 Å². The number of pyridine rings is 1. The predicted molar refractivity (Wildman–Crippen MR) is 83.0 cm³/mol. The number of esters is 1. The van der Waals surface area contributed by atoms with Crippen LogP contribution in [0.1, 0.15) is 18.2 Å². The van der Waals surface area contributed by atoms with Crippen LogP contribution in [0.4, 0.5) is 0 Å². The molecule has 0 spiro atoms. The third kappa shape index (κ3) is 3.21. The van der Waals surface area contributed by atoms with Crippen molar-refractivity contribution in [2.45, 2.75) is 13.8 Å². The van der Waals surface area contributed by atoms with E-state index >= 15 is 0 Å². The SMILES string of the molecule is CCOC(=O)C(C#N)=Cc1ccc[n+](C)c1-c1c(C)[nH][nH]c1=O. The molecule has 0 atom stereocenters. The van der Waals surface area contributed by atoms with Crippen LogP contribution in [0.3, 0.4) is 0 Å². The first-order valence-corrected chi connectivity index (χ1v) is 7.04. The van der Waals surface area contributed by atoms with Gasteiger partial charge in [0.25, 0.3) is 5.56 Å². The normalized spacial score (nSPS) is 11.1. The molecule has 23 heavy (non-hydrogen) atoms. The van der Waals surface area contributed by atoms with Crippen LogP contribution in [0.2, 0.25) is 0 Å². The first-order chi connectivity index (χ1) is 11.0. The molecule has 0 unspecified atom stereocenters. The zero-order valence-corrected chi connectivity index (χ0v) is 13.1. The molecule has 0 aliphatic rings. The fourth-order valence-corrected chi connectivity index (χ4v) is 2.30. The van der Waals surface area contributed by atoms with E-state index in [0.29, 0.717) is 22.5 Å². The molecule has 2 N–H and O–H groups in total. The van der Waals surface area contributed by atoms with Crippen LogP contribution >= 0.6 is 0 Å². The second-order valence-corrected chi connectivity index (χ2v) is 4.89. The largest absolute Gasteiger partial charge is 0.462 e. The van der Waals surface area contributed by atoms with Gasteiger partial charge < -0.3 is 9.84 Å². The second kappa shape index (κ2) is 6.75.